The molecule has 44 heavy (non-hydrogen) atoms. The summed E-state index contributed by atoms with van der Waals surface area (Å²) in [5.74, 6) is -0.894. The number of hydrogen-bond donors (Lipinski definition) is 2. The first-order chi connectivity index (χ1) is 21.2. The summed E-state index contributed by atoms with van der Waals surface area (Å²) in [5, 5.41) is 10.6. The van der Waals surface area contributed by atoms with Gasteiger partial charge in [-0.25, -0.2) is 9.78 Å². The number of benzene rings is 1. The second kappa shape index (κ2) is 15.6. The SMILES string of the molecule is CCOC(=O)[C@@H](NC(=O)c1cc(-c2cccc(-c3ncc(C(=O)NC(CC)CC)o3)c2)nn1CCN1CCOCC1)C(C)C. The van der Waals surface area contributed by atoms with Crippen LogP contribution in [0.3, 0.4) is 0 Å². The van der Waals surface area contributed by atoms with Gasteiger partial charge >= 0.3 is 5.97 Å². The molecule has 12 heteroatoms. The predicted octanol–water partition coefficient (Wildman–Crippen LogP) is 3.77. The van der Waals surface area contributed by atoms with Crippen molar-refractivity contribution in [2.75, 3.05) is 39.5 Å². The minimum Gasteiger partial charge on any atom is -0.464 e. The molecular weight excluding hydrogens is 564 g/mol. The lowest BCUT2D eigenvalue weighted by atomic mass is 10.0. The van der Waals surface area contributed by atoms with Crippen LogP contribution in [-0.2, 0) is 20.8 Å². The van der Waals surface area contributed by atoms with Crippen LogP contribution in [0, 0.1) is 5.92 Å². The van der Waals surface area contributed by atoms with E-state index in [1.165, 1.54) is 6.20 Å². The molecule has 1 fully saturated rings. The van der Waals surface area contributed by atoms with Crippen molar-refractivity contribution in [3.05, 3.63) is 48.0 Å². The summed E-state index contributed by atoms with van der Waals surface area (Å²) in [6.45, 7) is 13.8. The summed E-state index contributed by atoms with van der Waals surface area (Å²) < 4.78 is 18.2. The van der Waals surface area contributed by atoms with Gasteiger partial charge in [-0.2, -0.15) is 5.10 Å². The van der Waals surface area contributed by atoms with Gasteiger partial charge in [-0.15, -0.1) is 0 Å². The second-order valence-electron chi connectivity index (χ2n) is 11.1. The Labute approximate surface area is 258 Å². The van der Waals surface area contributed by atoms with Gasteiger partial charge in [0.1, 0.15) is 11.7 Å². The number of esters is 1. The highest BCUT2D eigenvalue weighted by Gasteiger charge is 2.28. The molecule has 0 unspecified atom stereocenters. The molecule has 0 aliphatic carbocycles. The Balaban J connectivity index is 1.60. The fourth-order valence-corrected chi connectivity index (χ4v) is 4.99. The van der Waals surface area contributed by atoms with Gasteiger partial charge in [-0.1, -0.05) is 39.8 Å². The van der Waals surface area contributed by atoms with E-state index in [1.54, 1.807) is 17.7 Å². The lowest BCUT2D eigenvalue weighted by Gasteiger charge is -2.26. The zero-order valence-corrected chi connectivity index (χ0v) is 26.3. The molecule has 2 amide bonds. The number of ether oxygens (including phenoxy) is 2. The normalized spacial score (nSPS) is 14.5. The van der Waals surface area contributed by atoms with Crippen LogP contribution in [0.1, 0.15) is 68.5 Å². The molecule has 1 saturated heterocycles. The second-order valence-corrected chi connectivity index (χ2v) is 11.1. The molecule has 2 N–H and O–H groups in total. The monoisotopic (exact) mass is 608 g/mol. The van der Waals surface area contributed by atoms with Crippen molar-refractivity contribution < 1.29 is 28.3 Å². The average molecular weight is 609 g/mol. The van der Waals surface area contributed by atoms with Crippen LogP contribution in [0.25, 0.3) is 22.7 Å². The standard InChI is InChI=1S/C32H44N6O6/c1-6-24(7-2)34-30(40)27-20-33-31(44-27)23-11-9-10-22(18-23)25-19-26(29(39)35-28(21(4)5)32(41)43-8-3)38(36-25)13-12-37-14-16-42-17-15-37/h9-11,18-21,24,28H,6-8,12-17H2,1-5H3,(H,34,40)(H,35,39)/t28-/m0/s1. The first kappa shape index (κ1) is 32.9. The third kappa shape index (κ3) is 8.32. The third-order valence-electron chi connectivity index (χ3n) is 7.69. The molecule has 4 rings (SSSR count). The number of nitrogens with one attached hydrogen (secondary N) is 2. The Morgan fingerprint density at radius 1 is 0.977 bits per heavy atom. The topological polar surface area (TPSA) is 141 Å². The van der Waals surface area contributed by atoms with Crippen molar-refractivity contribution in [1.29, 1.82) is 0 Å². The highest BCUT2D eigenvalue weighted by atomic mass is 16.5. The number of nitrogens with zero attached hydrogens (tertiary/aromatic N) is 4. The highest BCUT2D eigenvalue weighted by Crippen LogP contribution is 2.27. The fourth-order valence-electron chi connectivity index (χ4n) is 4.99. The van der Waals surface area contributed by atoms with E-state index in [4.69, 9.17) is 19.0 Å². The molecule has 0 saturated carbocycles. The Kier molecular flexibility index (Phi) is 11.7. The van der Waals surface area contributed by atoms with E-state index in [-0.39, 0.29) is 30.2 Å². The van der Waals surface area contributed by atoms with Gasteiger partial charge in [0.15, 0.2) is 0 Å². The van der Waals surface area contributed by atoms with Gasteiger partial charge in [0.2, 0.25) is 11.7 Å². The lowest BCUT2D eigenvalue weighted by molar-refractivity contribution is -0.146. The number of carbonyl (C=O) groups excluding carboxylic acids is 3. The van der Waals surface area contributed by atoms with Crippen molar-refractivity contribution in [2.45, 2.75) is 66.1 Å². The van der Waals surface area contributed by atoms with E-state index < -0.39 is 17.9 Å². The molecule has 0 spiro atoms. The molecule has 12 nitrogen and oxygen atoms in total. The van der Waals surface area contributed by atoms with Gasteiger partial charge in [-0.05, 0) is 43.9 Å². The highest BCUT2D eigenvalue weighted by molar-refractivity contribution is 5.96. The Hall–Kier alpha value is -4.03. The largest absolute Gasteiger partial charge is 0.464 e. The maximum atomic E-state index is 13.6. The summed E-state index contributed by atoms with van der Waals surface area (Å²) >= 11 is 0. The molecule has 1 atom stereocenters. The van der Waals surface area contributed by atoms with Crippen molar-refractivity contribution in [2.24, 2.45) is 5.92 Å². The van der Waals surface area contributed by atoms with Gasteiger partial charge in [0, 0.05) is 36.8 Å². The summed E-state index contributed by atoms with van der Waals surface area (Å²) in [6.07, 6.45) is 3.08. The van der Waals surface area contributed by atoms with Gasteiger partial charge in [-0.3, -0.25) is 19.2 Å². The molecule has 1 aliphatic rings. The number of aromatic nitrogens is 3. The van der Waals surface area contributed by atoms with E-state index in [2.05, 4.69) is 20.5 Å². The van der Waals surface area contributed by atoms with Crippen molar-refractivity contribution >= 4 is 17.8 Å². The van der Waals surface area contributed by atoms with Crippen LogP contribution < -0.4 is 10.6 Å². The molecule has 1 aromatic carbocycles. The fraction of sp³-hybridized carbons (Fsp3) is 0.531. The third-order valence-corrected chi connectivity index (χ3v) is 7.69. The minimum absolute atomic E-state index is 0.0669. The molecule has 1 aliphatic heterocycles. The van der Waals surface area contributed by atoms with Gasteiger partial charge < -0.3 is 24.5 Å². The van der Waals surface area contributed by atoms with Crippen LogP contribution in [0.2, 0.25) is 0 Å². The van der Waals surface area contributed by atoms with Crippen LogP contribution in [0.5, 0.6) is 0 Å². The summed E-state index contributed by atoms with van der Waals surface area (Å²) in [5.41, 5.74) is 2.33. The van der Waals surface area contributed by atoms with Crippen LogP contribution in [0.4, 0.5) is 0 Å². The van der Waals surface area contributed by atoms with E-state index in [0.29, 0.717) is 49.1 Å². The number of rotatable bonds is 14. The Morgan fingerprint density at radius 3 is 2.39 bits per heavy atom. The average Bonchev–Trinajstić information content (AvgIpc) is 3.70. The van der Waals surface area contributed by atoms with E-state index in [1.807, 2.05) is 52.0 Å². The zero-order chi connectivity index (χ0) is 31.6. The van der Waals surface area contributed by atoms with Crippen molar-refractivity contribution in [3.63, 3.8) is 0 Å². The van der Waals surface area contributed by atoms with Crippen LogP contribution in [-0.4, -0.2) is 89.0 Å². The van der Waals surface area contributed by atoms with Gasteiger partial charge in [0.25, 0.3) is 11.8 Å². The maximum absolute atomic E-state index is 13.6. The number of oxazole rings is 1. The van der Waals surface area contributed by atoms with E-state index >= 15 is 0 Å². The maximum Gasteiger partial charge on any atom is 0.328 e. The number of hydrogen-bond acceptors (Lipinski definition) is 9. The lowest BCUT2D eigenvalue weighted by Crippen LogP contribution is -2.46. The smallest absolute Gasteiger partial charge is 0.328 e. The summed E-state index contributed by atoms with van der Waals surface area (Å²) in [7, 11) is 0. The first-order valence-electron chi connectivity index (χ1n) is 15.5. The predicted molar refractivity (Wildman–Crippen MR) is 165 cm³/mol. The molecule has 238 valence electrons. The molecule has 2 aromatic heterocycles. The van der Waals surface area contributed by atoms with Crippen molar-refractivity contribution in [1.82, 2.24) is 30.3 Å². The molecule has 3 heterocycles. The number of morpholine rings is 1. The number of carbonyl (C=O) groups is 3. The Bertz CT molecular complexity index is 1410. The zero-order valence-electron chi connectivity index (χ0n) is 26.3. The Morgan fingerprint density at radius 2 is 1.70 bits per heavy atom. The van der Waals surface area contributed by atoms with E-state index in [0.717, 1.165) is 31.5 Å². The van der Waals surface area contributed by atoms with Gasteiger partial charge in [0.05, 0.1) is 38.3 Å². The number of amides is 2. The molecule has 0 bridgehead atoms. The minimum atomic E-state index is -0.793. The summed E-state index contributed by atoms with van der Waals surface area (Å²) in [6, 6.07) is 8.43. The molecule has 0 radical (unpaired) electrons. The quantitative estimate of drug-likeness (QED) is 0.262. The van der Waals surface area contributed by atoms with Crippen LogP contribution in [0.15, 0.2) is 40.9 Å². The van der Waals surface area contributed by atoms with Crippen LogP contribution >= 0.6 is 0 Å². The first-order valence-corrected chi connectivity index (χ1v) is 15.5. The summed E-state index contributed by atoms with van der Waals surface area (Å²) in [4.78, 5) is 45.4. The van der Waals surface area contributed by atoms with Crippen molar-refractivity contribution in [3.8, 4) is 22.7 Å². The molecular formula is C32H44N6O6. The molecule has 3 aromatic rings. The van der Waals surface area contributed by atoms with E-state index in [9.17, 15) is 14.4 Å².